The molecular weight excluding hydrogens is 206 g/mol. The van der Waals surface area contributed by atoms with Crippen LogP contribution in [0.3, 0.4) is 0 Å². The molecule has 1 unspecified atom stereocenters. The lowest BCUT2D eigenvalue weighted by molar-refractivity contribution is -0.127. The minimum absolute atomic E-state index is 0.111. The van der Waals surface area contributed by atoms with Crippen molar-refractivity contribution in [3.05, 3.63) is 0 Å². The Morgan fingerprint density at radius 1 is 1.38 bits per heavy atom. The molecule has 1 atom stereocenters. The fraction of sp³-hybridized carbons (Fsp3) is 0.917. The normalized spacial score (nSPS) is 31.6. The maximum Gasteiger partial charge on any atom is 0.223 e. The van der Waals surface area contributed by atoms with Crippen LogP contribution in [0, 0.1) is 5.92 Å². The molecule has 1 amide bonds. The topological polar surface area (TPSA) is 58.6 Å². The third-order valence-electron chi connectivity index (χ3n) is 3.65. The highest BCUT2D eigenvalue weighted by Crippen LogP contribution is 2.24. The van der Waals surface area contributed by atoms with Gasteiger partial charge < -0.3 is 15.2 Å². The highest BCUT2D eigenvalue weighted by atomic mass is 16.5. The van der Waals surface area contributed by atoms with Crippen molar-refractivity contribution < 1.29 is 14.6 Å². The van der Waals surface area contributed by atoms with Crippen molar-refractivity contribution in [1.29, 1.82) is 0 Å². The molecule has 0 bridgehead atoms. The number of rotatable bonds is 3. The molecule has 1 aliphatic heterocycles. The van der Waals surface area contributed by atoms with Crippen LogP contribution in [-0.4, -0.2) is 36.4 Å². The Morgan fingerprint density at radius 2 is 2.12 bits per heavy atom. The molecule has 92 valence electrons. The van der Waals surface area contributed by atoms with Gasteiger partial charge in [0.1, 0.15) is 5.60 Å². The van der Waals surface area contributed by atoms with E-state index in [0.717, 1.165) is 25.7 Å². The minimum Gasteiger partial charge on any atom is -0.386 e. The number of hydrogen-bond donors (Lipinski definition) is 2. The predicted octanol–water partition coefficient (Wildman–Crippen LogP) is 0.834. The van der Waals surface area contributed by atoms with E-state index >= 15 is 0 Å². The lowest BCUT2D eigenvalue weighted by Gasteiger charge is -2.24. The molecule has 2 aliphatic rings. The quantitative estimate of drug-likeness (QED) is 0.751. The Bertz CT molecular complexity index is 243. The van der Waals surface area contributed by atoms with Gasteiger partial charge in [-0.05, 0) is 12.8 Å². The standard InChI is InChI=1S/C12H21NO3/c14-11(10-4-2-1-3-5-10)13-8-12(15)6-7-16-9-12/h10,15H,1-9H2,(H,13,14). The van der Waals surface area contributed by atoms with Crippen LogP contribution in [-0.2, 0) is 9.53 Å². The average molecular weight is 227 g/mol. The molecule has 0 aromatic carbocycles. The van der Waals surface area contributed by atoms with Crippen molar-refractivity contribution in [3.63, 3.8) is 0 Å². The lowest BCUT2D eigenvalue weighted by atomic mass is 9.88. The van der Waals surface area contributed by atoms with Gasteiger partial charge in [-0.1, -0.05) is 19.3 Å². The summed E-state index contributed by atoms with van der Waals surface area (Å²) in [5, 5.41) is 12.9. The zero-order chi connectivity index (χ0) is 11.4. The fourth-order valence-electron chi connectivity index (χ4n) is 2.50. The van der Waals surface area contributed by atoms with E-state index < -0.39 is 5.60 Å². The monoisotopic (exact) mass is 227 g/mol. The second-order valence-electron chi connectivity index (χ2n) is 5.08. The van der Waals surface area contributed by atoms with Gasteiger partial charge in [-0.15, -0.1) is 0 Å². The van der Waals surface area contributed by atoms with E-state index in [-0.39, 0.29) is 11.8 Å². The van der Waals surface area contributed by atoms with E-state index in [1.165, 1.54) is 6.42 Å². The summed E-state index contributed by atoms with van der Waals surface area (Å²) in [4.78, 5) is 11.8. The van der Waals surface area contributed by atoms with Crippen molar-refractivity contribution in [1.82, 2.24) is 5.32 Å². The summed E-state index contributed by atoms with van der Waals surface area (Å²) in [6.07, 6.45) is 6.19. The second-order valence-corrected chi connectivity index (χ2v) is 5.08. The smallest absolute Gasteiger partial charge is 0.223 e. The van der Waals surface area contributed by atoms with E-state index in [4.69, 9.17) is 4.74 Å². The maximum absolute atomic E-state index is 11.8. The molecule has 0 aromatic rings. The molecule has 4 nitrogen and oxygen atoms in total. The van der Waals surface area contributed by atoms with Crippen LogP contribution in [0.15, 0.2) is 0 Å². The van der Waals surface area contributed by atoms with Crippen LogP contribution in [0.2, 0.25) is 0 Å². The zero-order valence-electron chi connectivity index (χ0n) is 9.71. The van der Waals surface area contributed by atoms with Gasteiger partial charge in [0.05, 0.1) is 6.61 Å². The first-order chi connectivity index (χ1) is 7.70. The van der Waals surface area contributed by atoms with Crippen LogP contribution in [0.25, 0.3) is 0 Å². The first-order valence-corrected chi connectivity index (χ1v) is 6.27. The van der Waals surface area contributed by atoms with Gasteiger partial charge in [0.15, 0.2) is 0 Å². The van der Waals surface area contributed by atoms with E-state index in [9.17, 15) is 9.90 Å². The summed E-state index contributed by atoms with van der Waals surface area (Å²) >= 11 is 0. The van der Waals surface area contributed by atoms with Crippen molar-refractivity contribution in [2.75, 3.05) is 19.8 Å². The molecule has 2 N–H and O–H groups in total. The van der Waals surface area contributed by atoms with Gasteiger partial charge in [-0.2, -0.15) is 0 Å². The van der Waals surface area contributed by atoms with Gasteiger partial charge >= 0.3 is 0 Å². The van der Waals surface area contributed by atoms with Crippen LogP contribution in [0.1, 0.15) is 38.5 Å². The molecule has 16 heavy (non-hydrogen) atoms. The van der Waals surface area contributed by atoms with E-state index in [0.29, 0.717) is 26.2 Å². The van der Waals surface area contributed by atoms with Crippen molar-refractivity contribution >= 4 is 5.91 Å². The lowest BCUT2D eigenvalue weighted by Crippen LogP contribution is -2.45. The average Bonchev–Trinajstić information content (AvgIpc) is 2.75. The number of carbonyl (C=O) groups excluding carboxylic acids is 1. The Hall–Kier alpha value is -0.610. The van der Waals surface area contributed by atoms with E-state index in [2.05, 4.69) is 5.32 Å². The van der Waals surface area contributed by atoms with E-state index in [1.54, 1.807) is 0 Å². The number of aliphatic hydroxyl groups is 1. The Kier molecular flexibility index (Phi) is 3.82. The summed E-state index contributed by atoms with van der Waals surface area (Å²) in [6, 6.07) is 0. The van der Waals surface area contributed by atoms with E-state index in [1.807, 2.05) is 0 Å². The summed E-state index contributed by atoms with van der Waals surface area (Å²) in [6.45, 7) is 1.27. The van der Waals surface area contributed by atoms with Gasteiger partial charge in [0, 0.05) is 25.5 Å². The minimum atomic E-state index is -0.829. The van der Waals surface area contributed by atoms with Crippen molar-refractivity contribution in [2.45, 2.75) is 44.1 Å². The maximum atomic E-state index is 11.8. The Labute approximate surface area is 96.4 Å². The molecule has 2 rings (SSSR count). The number of nitrogens with one attached hydrogen (secondary N) is 1. The summed E-state index contributed by atoms with van der Waals surface area (Å²) < 4.78 is 5.14. The molecule has 0 radical (unpaired) electrons. The predicted molar refractivity (Wildman–Crippen MR) is 60.0 cm³/mol. The fourth-order valence-corrected chi connectivity index (χ4v) is 2.50. The van der Waals surface area contributed by atoms with Crippen molar-refractivity contribution in [3.8, 4) is 0 Å². The number of carbonyl (C=O) groups is 1. The molecule has 4 heteroatoms. The zero-order valence-corrected chi connectivity index (χ0v) is 9.71. The Balaban J connectivity index is 1.74. The molecule has 1 heterocycles. The van der Waals surface area contributed by atoms with Crippen LogP contribution in [0.4, 0.5) is 0 Å². The molecular formula is C12H21NO3. The van der Waals surface area contributed by atoms with Crippen LogP contribution in [0.5, 0.6) is 0 Å². The SMILES string of the molecule is O=C(NCC1(O)CCOC1)C1CCCCC1. The number of amides is 1. The van der Waals surface area contributed by atoms with Gasteiger partial charge in [0.25, 0.3) is 0 Å². The van der Waals surface area contributed by atoms with Crippen LogP contribution < -0.4 is 5.32 Å². The summed E-state index contributed by atoms with van der Waals surface area (Å²) in [5.74, 6) is 0.277. The highest BCUT2D eigenvalue weighted by Gasteiger charge is 2.33. The molecule has 0 aromatic heterocycles. The first-order valence-electron chi connectivity index (χ1n) is 6.27. The second kappa shape index (κ2) is 5.15. The first kappa shape index (κ1) is 11.9. The molecule has 1 aliphatic carbocycles. The molecule has 1 saturated carbocycles. The number of ether oxygens (including phenoxy) is 1. The Morgan fingerprint density at radius 3 is 2.75 bits per heavy atom. The third-order valence-corrected chi connectivity index (χ3v) is 3.65. The molecule has 1 saturated heterocycles. The largest absolute Gasteiger partial charge is 0.386 e. The van der Waals surface area contributed by atoms with Crippen molar-refractivity contribution in [2.24, 2.45) is 5.92 Å². The van der Waals surface area contributed by atoms with Gasteiger partial charge in [-0.25, -0.2) is 0 Å². The van der Waals surface area contributed by atoms with Gasteiger partial charge in [0.2, 0.25) is 5.91 Å². The van der Waals surface area contributed by atoms with Crippen LogP contribution >= 0.6 is 0 Å². The highest BCUT2D eigenvalue weighted by molar-refractivity contribution is 5.78. The van der Waals surface area contributed by atoms with Gasteiger partial charge in [-0.3, -0.25) is 4.79 Å². The summed E-state index contributed by atoms with van der Waals surface area (Å²) in [7, 11) is 0. The molecule has 0 spiro atoms. The third kappa shape index (κ3) is 2.95. The summed E-state index contributed by atoms with van der Waals surface area (Å²) in [5.41, 5.74) is -0.829. The number of hydrogen-bond acceptors (Lipinski definition) is 3. The molecule has 2 fully saturated rings.